The van der Waals surface area contributed by atoms with E-state index in [9.17, 15) is 9.59 Å². The molecule has 0 heterocycles. The zero-order valence-corrected chi connectivity index (χ0v) is 19.0. The summed E-state index contributed by atoms with van der Waals surface area (Å²) in [7, 11) is 0. The Balaban J connectivity index is 1.26. The Morgan fingerprint density at radius 2 is 1.27 bits per heavy atom. The highest BCUT2D eigenvalue weighted by Gasteiger charge is 2.68. The lowest BCUT2D eigenvalue weighted by atomic mass is 9.69. The molecule has 8 unspecified atom stereocenters. The number of hydrogen-bond donors (Lipinski definition) is 1. The van der Waals surface area contributed by atoms with Crippen LogP contribution in [0.1, 0.15) is 57.5 Å². The van der Waals surface area contributed by atoms with Crippen molar-refractivity contribution in [2.24, 2.45) is 41.2 Å². The molecule has 0 spiro atoms. The monoisotopic (exact) mass is 445 g/mol. The van der Waals surface area contributed by atoms with Gasteiger partial charge in [0, 0.05) is 18.4 Å². The number of esters is 2. The second-order valence-electron chi connectivity index (χ2n) is 10.6. The number of rotatable bonds is 5. The molecular formula is C28H31NO4. The first-order valence-corrected chi connectivity index (χ1v) is 12.3. The topological polar surface area (TPSA) is 78.6 Å². The number of carbonyl (C=O) groups excluding carboxylic acids is 2. The number of nitrogens with two attached hydrogens (primary N) is 1. The quantitative estimate of drug-likeness (QED) is 0.541. The zero-order valence-electron chi connectivity index (χ0n) is 19.0. The molecule has 2 aromatic carbocycles. The summed E-state index contributed by atoms with van der Waals surface area (Å²) in [5, 5.41) is 0. The van der Waals surface area contributed by atoms with Crippen LogP contribution in [0.3, 0.4) is 0 Å². The van der Waals surface area contributed by atoms with Crippen LogP contribution in [0.15, 0.2) is 48.5 Å². The Bertz CT molecular complexity index is 1060. The van der Waals surface area contributed by atoms with Crippen molar-refractivity contribution in [3.63, 3.8) is 0 Å². The molecule has 0 radical (unpaired) electrons. The lowest BCUT2D eigenvalue weighted by Gasteiger charge is -2.42. The highest BCUT2D eigenvalue weighted by atomic mass is 16.6. The Hall–Kier alpha value is -2.66. The maximum absolute atomic E-state index is 13.1. The Kier molecular flexibility index (Phi) is 5.06. The highest BCUT2D eigenvalue weighted by Crippen LogP contribution is 2.68. The molecule has 172 valence electrons. The zero-order chi connectivity index (χ0) is 22.7. The average molecular weight is 446 g/mol. The summed E-state index contributed by atoms with van der Waals surface area (Å²) >= 11 is 0. The minimum Gasteiger partial charge on any atom is -0.455 e. The predicted octanol–water partition coefficient (Wildman–Crippen LogP) is 4.52. The van der Waals surface area contributed by atoms with Crippen LogP contribution >= 0.6 is 0 Å². The van der Waals surface area contributed by atoms with Crippen molar-refractivity contribution in [3.05, 3.63) is 70.8 Å². The first-order chi connectivity index (χ1) is 16.0. The summed E-state index contributed by atoms with van der Waals surface area (Å²) in [6, 6.07) is 14.7. The Labute approximate surface area is 194 Å². The van der Waals surface area contributed by atoms with Crippen LogP contribution in [0.4, 0.5) is 0 Å². The summed E-state index contributed by atoms with van der Waals surface area (Å²) in [5.41, 5.74) is 8.83. The van der Waals surface area contributed by atoms with Crippen molar-refractivity contribution >= 4 is 11.9 Å². The summed E-state index contributed by atoms with van der Waals surface area (Å²) < 4.78 is 12.3. The van der Waals surface area contributed by atoms with E-state index in [-0.39, 0.29) is 24.1 Å². The fraction of sp³-hybridized carbons (Fsp3) is 0.500. The number of aryl methyl sites for hydroxylation is 1. The lowest BCUT2D eigenvalue weighted by Crippen LogP contribution is -2.48. The SMILES string of the molecule is Cc1ccc(C(=O)OC2C3CC(C2OC(=O)c2ccc(CN)cc2)C2C4CCC(C4)C32)cc1. The van der Waals surface area contributed by atoms with E-state index in [1.54, 1.807) is 12.1 Å². The molecular weight excluding hydrogens is 414 g/mol. The number of carbonyl (C=O) groups is 2. The fourth-order valence-electron chi connectivity index (χ4n) is 7.63. The van der Waals surface area contributed by atoms with Gasteiger partial charge in [0.15, 0.2) is 0 Å². The number of benzene rings is 2. The van der Waals surface area contributed by atoms with Crippen LogP contribution in [0, 0.1) is 42.4 Å². The van der Waals surface area contributed by atoms with Gasteiger partial charge < -0.3 is 15.2 Å². The van der Waals surface area contributed by atoms with Crippen LogP contribution in [-0.4, -0.2) is 24.1 Å². The van der Waals surface area contributed by atoms with Crippen molar-refractivity contribution in [1.82, 2.24) is 0 Å². The van der Waals surface area contributed by atoms with E-state index >= 15 is 0 Å². The lowest BCUT2D eigenvalue weighted by molar-refractivity contribution is -0.0891. The van der Waals surface area contributed by atoms with Gasteiger partial charge in [-0.2, -0.15) is 0 Å². The van der Waals surface area contributed by atoms with Gasteiger partial charge >= 0.3 is 11.9 Å². The van der Waals surface area contributed by atoms with E-state index in [0.717, 1.165) is 29.4 Å². The maximum atomic E-state index is 13.1. The van der Waals surface area contributed by atoms with E-state index < -0.39 is 0 Å². The first-order valence-electron chi connectivity index (χ1n) is 12.3. The van der Waals surface area contributed by atoms with Gasteiger partial charge in [-0.05, 0) is 86.1 Å². The van der Waals surface area contributed by atoms with Crippen LogP contribution in [0.2, 0.25) is 0 Å². The van der Waals surface area contributed by atoms with E-state index in [1.807, 2.05) is 43.3 Å². The third-order valence-electron chi connectivity index (χ3n) is 8.95. The average Bonchev–Trinajstić information content (AvgIpc) is 3.60. The molecule has 4 fully saturated rings. The smallest absolute Gasteiger partial charge is 0.338 e. The fourth-order valence-corrected chi connectivity index (χ4v) is 7.63. The normalized spacial score (nSPS) is 35.5. The van der Waals surface area contributed by atoms with Crippen LogP contribution < -0.4 is 5.73 Å². The number of hydrogen-bond acceptors (Lipinski definition) is 5. The van der Waals surface area contributed by atoms with E-state index in [0.29, 0.717) is 41.3 Å². The standard InChI is InChI=1S/C28H31NO4/c1-15-2-6-17(7-3-15)27(30)32-25-21-13-22(24-20-11-10-19(12-20)23(21)24)26(25)33-28(31)18-8-4-16(14-29)5-9-18/h2-9,19-26H,10-14,29H2,1H3. The second-order valence-corrected chi connectivity index (χ2v) is 10.6. The van der Waals surface area contributed by atoms with Crippen LogP contribution in [-0.2, 0) is 16.0 Å². The van der Waals surface area contributed by atoms with Crippen LogP contribution in [0.25, 0.3) is 0 Å². The molecule has 2 N–H and O–H groups in total. The molecule has 6 rings (SSSR count). The molecule has 0 aliphatic heterocycles. The van der Waals surface area contributed by atoms with Crippen molar-refractivity contribution < 1.29 is 19.1 Å². The van der Waals surface area contributed by atoms with Crippen LogP contribution in [0.5, 0.6) is 0 Å². The van der Waals surface area contributed by atoms with E-state index in [2.05, 4.69) is 0 Å². The number of ether oxygens (including phenoxy) is 2. The summed E-state index contributed by atoms with van der Waals surface area (Å²) in [4.78, 5) is 26.1. The van der Waals surface area contributed by atoms with Crippen molar-refractivity contribution in [1.29, 1.82) is 0 Å². The third kappa shape index (κ3) is 3.40. The summed E-state index contributed by atoms with van der Waals surface area (Å²) in [6.07, 6.45) is 4.15. The van der Waals surface area contributed by atoms with Gasteiger partial charge in [-0.15, -0.1) is 0 Å². The predicted molar refractivity (Wildman–Crippen MR) is 123 cm³/mol. The molecule has 4 bridgehead atoms. The van der Waals surface area contributed by atoms with Crippen molar-refractivity contribution in [2.75, 3.05) is 0 Å². The molecule has 2 aromatic rings. The second kappa shape index (κ2) is 7.98. The molecule has 4 saturated carbocycles. The third-order valence-corrected chi connectivity index (χ3v) is 8.95. The van der Waals surface area contributed by atoms with Crippen molar-refractivity contribution in [2.45, 2.75) is 51.4 Å². The van der Waals surface area contributed by atoms with Gasteiger partial charge in [-0.3, -0.25) is 0 Å². The summed E-state index contributed by atoms with van der Waals surface area (Å²) in [5.74, 6) is 2.64. The minimum absolute atomic E-state index is 0.290. The van der Waals surface area contributed by atoms with Gasteiger partial charge in [0.05, 0.1) is 11.1 Å². The molecule has 4 aliphatic rings. The van der Waals surface area contributed by atoms with Gasteiger partial charge in [0.2, 0.25) is 0 Å². The molecule has 33 heavy (non-hydrogen) atoms. The van der Waals surface area contributed by atoms with Crippen molar-refractivity contribution in [3.8, 4) is 0 Å². The molecule has 0 saturated heterocycles. The Morgan fingerprint density at radius 3 is 1.76 bits per heavy atom. The molecule has 4 aliphatic carbocycles. The highest BCUT2D eigenvalue weighted by molar-refractivity contribution is 5.90. The van der Waals surface area contributed by atoms with Gasteiger partial charge in [-0.25, -0.2) is 9.59 Å². The molecule has 0 aromatic heterocycles. The summed E-state index contributed by atoms with van der Waals surface area (Å²) in [6.45, 7) is 2.43. The van der Waals surface area contributed by atoms with Gasteiger partial charge in [-0.1, -0.05) is 29.8 Å². The van der Waals surface area contributed by atoms with Gasteiger partial charge in [0.25, 0.3) is 0 Å². The Morgan fingerprint density at radius 1 is 0.788 bits per heavy atom. The van der Waals surface area contributed by atoms with Gasteiger partial charge in [0.1, 0.15) is 12.2 Å². The maximum Gasteiger partial charge on any atom is 0.338 e. The molecule has 5 heteroatoms. The number of fused-ring (bicyclic) bond motifs is 9. The largest absolute Gasteiger partial charge is 0.455 e. The first kappa shape index (κ1) is 20.9. The minimum atomic E-state index is -0.369. The molecule has 8 atom stereocenters. The molecule has 0 amide bonds. The molecule has 5 nitrogen and oxygen atoms in total. The van der Waals surface area contributed by atoms with E-state index in [4.69, 9.17) is 15.2 Å². The van der Waals surface area contributed by atoms with E-state index in [1.165, 1.54) is 19.3 Å².